The predicted molar refractivity (Wildman–Crippen MR) is 80.1 cm³/mol. The van der Waals surface area contributed by atoms with Crippen molar-refractivity contribution >= 4 is 33.1 Å². The van der Waals surface area contributed by atoms with Crippen LogP contribution in [-0.2, 0) is 0 Å². The molecule has 0 amide bonds. The van der Waals surface area contributed by atoms with Gasteiger partial charge in [-0.1, -0.05) is 22.0 Å². The summed E-state index contributed by atoms with van der Waals surface area (Å²) in [6.45, 7) is 0.133. The van der Waals surface area contributed by atoms with Gasteiger partial charge in [0, 0.05) is 27.9 Å². The number of nitro benzene ring substituents is 1. The molecule has 2 aromatic rings. The van der Waals surface area contributed by atoms with E-state index in [1.54, 1.807) is 0 Å². The van der Waals surface area contributed by atoms with Crippen molar-refractivity contribution in [1.82, 2.24) is 0 Å². The van der Waals surface area contributed by atoms with Gasteiger partial charge in [-0.2, -0.15) is 0 Å². The van der Waals surface area contributed by atoms with E-state index < -0.39 is 4.92 Å². The fourth-order valence-electron chi connectivity index (χ4n) is 1.65. The zero-order valence-electron chi connectivity index (χ0n) is 10.4. The first-order valence-electron chi connectivity index (χ1n) is 5.83. The molecule has 6 heteroatoms. The van der Waals surface area contributed by atoms with Crippen molar-refractivity contribution in [2.75, 3.05) is 11.9 Å². The van der Waals surface area contributed by atoms with Gasteiger partial charge in [0.1, 0.15) is 0 Å². The van der Waals surface area contributed by atoms with Crippen LogP contribution in [0.3, 0.4) is 0 Å². The molecule has 0 spiro atoms. The summed E-state index contributed by atoms with van der Waals surface area (Å²) in [5.41, 5.74) is 1.24. The SMILES string of the molecule is O=C(CNc1cccc(Br)c1)c1ccc([N+](=O)[O-])cc1. The average molecular weight is 335 g/mol. The summed E-state index contributed by atoms with van der Waals surface area (Å²) in [5, 5.41) is 13.5. The number of carbonyl (C=O) groups is 1. The van der Waals surface area contributed by atoms with Crippen molar-refractivity contribution in [1.29, 1.82) is 0 Å². The second kappa shape index (κ2) is 6.29. The number of anilines is 1. The highest BCUT2D eigenvalue weighted by Crippen LogP contribution is 2.16. The number of rotatable bonds is 5. The monoisotopic (exact) mass is 334 g/mol. The lowest BCUT2D eigenvalue weighted by Gasteiger charge is -2.06. The molecule has 0 saturated heterocycles. The highest BCUT2D eigenvalue weighted by atomic mass is 79.9. The number of nitro groups is 1. The predicted octanol–water partition coefficient (Wildman–Crippen LogP) is 3.65. The third-order valence-electron chi connectivity index (χ3n) is 2.68. The maximum atomic E-state index is 11.9. The van der Waals surface area contributed by atoms with Crippen LogP contribution >= 0.6 is 15.9 Å². The zero-order chi connectivity index (χ0) is 14.5. The van der Waals surface area contributed by atoms with Gasteiger partial charge in [-0.05, 0) is 30.3 Å². The molecule has 2 rings (SSSR count). The lowest BCUT2D eigenvalue weighted by Crippen LogP contribution is -2.13. The molecule has 0 bridgehead atoms. The number of benzene rings is 2. The Morgan fingerprint density at radius 1 is 1.20 bits per heavy atom. The van der Waals surface area contributed by atoms with Crippen molar-refractivity contribution < 1.29 is 9.72 Å². The van der Waals surface area contributed by atoms with Crippen LogP contribution in [-0.4, -0.2) is 17.3 Å². The lowest BCUT2D eigenvalue weighted by molar-refractivity contribution is -0.384. The van der Waals surface area contributed by atoms with E-state index in [2.05, 4.69) is 21.2 Å². The molecule has 0 aliphatic rings. The Morgan fingerprint density at radius 3 is 2.50 bits per heavy atom. The van der Waals surface area contributed by atoms with E-state index in [0.717, 1.165) is 10.2 Å². The standard InChI is InChI=1S/C14H11BrN2O3/c15-11-2-1-3-12(8-11)16-9-14(18)10-4-6-13(7-5-10)17(19)20/h1-8,16H,9H2. The van der Waals surface area contributed by atoms with E-state index in [1.165, 1.54) is 24.3 Å². The van der Waals surface area contributed by atoms with E-state index in [4.69, 9.17) is 0 Å². The summed E-state index contributed by atoms with van der Waals surface area (Å²) >= 11 is 3.35. The van der Waals surface area contributed by atoms with Crippen LogP contribution in [0.2, 0.25) is 0 Å². The Balaban J connectivity index is 1.99. The molecule has 102 valence electrons. The minimum atomic E-state index is -0.492. The van der Waals surface area contributed by atoms with Crippen LogP contribution in [0.1, 0.15) is 10.4 Å². The minimum absolute atomic E-state index is 0.0264. The molecule has 0 aliphatic carbocycles. The smallest absolute Gasteiger partial charge is 0.269 e. The van der Waals surface area contributed by atoms with Crippen LogP contribution in [0.4, 0.5) is 11.4 Å². The first-order valence-corrected chi connectivity index (χ1v) is 6.62. The van der Waals surface area contributed by atoms with Crippen molar-refractivity contribution in [3.8, 4) is 0 Å². The first kappa shape index (κ1) is 14.2. The number of hydrogen-bond acceptors (Lipinski definition) is 4. The Labute approximate surface area is 123 Å². The average Bonchev–Trinajstić information content (AvgIpc) is 2.45. The van der Waals surface area contributed by atoms with Gasteiger partial charge in [0.05, 0.1) is 11.5 Å². The molecular formula is C14H11BrN2O3. The van der Waals surface area contributed by atoms with Gasteiger partial charge in [-0.3, -0.25) is 14.9 Å². The van der Waals surface area contributed by atoms with Crippen molar-refractivity contribution in [2.45, 2.75) is 0 Å². The maximum Gasteiger partial charge on any atom is 0.269 e. The number of ketones is 1. The highest BCUT2D eigenvalue weighted by molar-refractivity contribution is 9.10. The fraction of sp³-hybridized carbons (Fsp3) is 0.0714. The zero-order valence-corrected chi connectivity index (χ0v) is 12.0. The van der Waals surface area contributed by atoms with Crippen LogP contribution in [0, 0.1) is 10.1 Å². The number of carbonyl (C=O) groups excluding carboxylic acids is 1. The molecule has 0 aliphatic heterocycles. The summed E-state index contributed by atoms with van der Waals surface area (Å²) in [7, 11) is 0. The third-order valence-corrected chi connectivity index (χ3v) is 3.17. The summed E-state index contributed by atoms with van der Waals surface area (Å²) in [6.07, 6.45) is 0. The fourth-order valence-corrected chi connectivity index (χ4v) is 2.05. The number of nitrogens with one attached hydrogen (secondary N) is 1. The molecule has 2 aromatic carbocycles. The van der Waals surface area contributed by atoms with Gasteiger partial charge in [0.25, 0.3) is 5.69 Å². The summed E-state index contributed by atoms with van der Waals surface area (Å²) in [5.74, 6) is -0.125. The Hall–Kier alpha value is -2.21. The van der Waals surface area contributed by atoms with E-state index in [-0.39, 0.29) is 18.0 Å². The number of non-ortho nitro benzene ring substituents is 1. The summed E-state index contributed by atoms with van der Waals surface area (Å²) in [4.78, 5) is 22.0. The molecule has 5 nitrogen and oxygen atoms in total. The van der Waals surface area contributed by atoms with E-state index in [9.17, 15) is 14.9 Å². The molecule has 0 atom stereocenters. The first-order chi connectivity index (χ1) is 9.56. The van der Waals surface area contributed by atoms with Gasteiger partial charge in [0.15, 0.2) is 5.78 Å². The normalized spacial score (nSPS) is 10.1. The van der Waals surface area contributed by atoms with Gasteiger partial charge >= 0.3 is 0 Å². The molecule has 0 aromatic heterocycles. The second-order valence-electron chi connectivity index (χ2n) is 4.09. The third kappa shape index (κ3) is 3.64. The van der Waals surface area contributed by atoms with Gasteiger partial charge < -0.3 is 5.32 Å². The number of nitrogens with zero attached hydrogens (tertiary/aromatic N) is 1. The number of halogens is 1. The molecule has 0 heterocycles. The molecule has 1 N–H and O–H groups in total. The Morgan fingerprint density at radius 2 is 1.90 bits per heavy atom. The molecule has 0 unspecified atom stereocenters. The molecular weight excluding hydrogens is 324 g/mol. The molecule has 0 radical (unpaired) electrons. The number of Topliss-reactive ketones (excluding diaryl/α,β-unsaturated/α-hetero) is 1. The maximum absolute atomic E-state index is 11.9. The van der Waals surface area contributed by atoms with Gasteiger partial charge in [-0.15, -0.1) is 0 Å². The Bertz CT molecular complexity index is 641. The van der Waals surface area contributed by atoms with Crippen molar-refractivity contribution in [3.05, 3.63) is 68.7 Å². The quantitative estimate of drug-likeness (QED) is 0.514. The Kier molecular flexibility index (Phi) is 4.47. The van der Waals surface area contributed by atoms with Crippen LogP contribution in [0.25, 0.3) is 0 Å². The largest absolute Gasteiger partial charge is 0.378 e. The minimum Gasteiger partial charge on any atom is -0.378 e. The lowest BCUT2D eigenvalue weighted by atomic mass is 10.1. The van der Waals surface area contributed by atoms with Crippen molar-refractivity contribution in [2.24, 2.45) is 0 Å². The topological polar surface area (TPSA) is 72.2 Å². The second-order valence-corrected chi connectivity index (χ2v) is 5.01. The summed E-state index contributed by atoms with van der Waals surface area (Å²) in [6, 6.07) is 13.0. The van der Waals surface area contributed by atoms with Crippen LogP contribution in [0.15, 0.2) is 53.0 Å². The molecule has 20 heavy (non-hydrogen) atoms. The number of hydrogen-bond donors (Lipinski definition) is 1. The van der Waals surface area contributed by atoms with E-state index >= 15 is 0 Å². The van der Waals surface area contributed by atoms with E-state index in [1.807, 2.05) is 24.3 Å². The molecule has 0 saturated carbocycles. The van der Waals surface area contributed by atoms with Crippen LogP contribution < -0.4 is 5.32 Å². The highest BCUT2D eigenvalue weighted by Gasteiger charge is 2.09. The van der Waals surface area contributed by atoms with Crippen LogP contribution in [0.5, 0.6) is 0 Å². The summed E-state index contributed by atoms with van der Waals surface area (Å²) < 4.78 is 0.922. The van der Waals surface area contributed by atoms with Gasteiger partial charge in [0.2, 0.25) is 0 Å². The van der Waals surface area contributed by atoms with Crippen molar-refractivity contribution in [3.63, 3.8) is 0 Å². The van der Waals surface area contributed by atoms with E-state index in [0.29, 0.717) is 5.56 Å². The molecule has 0 fully saturated rings. The van der Waals surface area contributed by atoms with Gasteiger partial charge in [-0.25, -0.2) is 0 Å².